The number of rotatable bonds is 2. The van der Waals surface area contributed by atoms with Crippen LogP contribution < -0.4 is 0 Å². The number of carboxylic acids is 1. The third kappa shape index (κ3) is 2.61. The Morgan fingerprint density at radius 3 is 2.38 bits per heavy atom. The van der Waals surface area contributed by atoms with Gasteiger partial charge in [0.15, 0.2) is 6.10 Å². The third-order valence-corrected chi connectivity index (χ3v) is 2.00. The lowest BCUT2D eigenvalue weighted by Crippen LogP contribution is -2.14. The van der Waals surface area contributed by atoms with Gasteiger partial charge in [0.05, 0.1) is 0 Å². The van der Waals surface area contributed by atoms with Crippen LogP contribution in [0.3, 0.4) is 0 Å². The molecule has 0 spiro atoms. The van der Waals surface area contributed by atoms with Crippen LogP contribution in [0, 0.1) is 0 Å². The number of hydrogen-bond acceptors (Lipinski definition) is 3. The van der Waals surface area contributed by atoms with E-state index in [4.69, 9.17) is 21.8 Å². The number of hydrogen-bond donors (Lipinski definition) is 2. The highest BCUT2D eigenvalue weighted by molar-refractivity contribution is 6.30. The molecule has 1 aromatic rings. The Labute approximate surface area is 92.3 Å². The van der Waals surface area contributed by atoms with Gasteiger partial charge in [-0.25, -0.2) is 9.78 Å². The van der Waals surface area contributed by atoms with Crippen molar-refractivity contribution in [3.63, 3.8) is 0 Å². The topological polar surface area (TPSA) is 70.4 Å². The van der Waals surface area contributed by atoms with Crippen LogP contribution >= 0.6 is 11.6 Å². The van der Waals surface area contributed by atoms with Gasteiger partial charge in [0.2, 0.25) is 0 Å². The average Bonchev–Trinajstić information content (AvgIpc) is 2.15. The Morgan fingerprint density at radius 1 is 1.44 bits per heavy atom. The normalized spacial score (nSPS) is 13.6. The van der Waals surface area contributed by atoms with Gasteiger partial charge >= 0.3 is 12.1 Å². The predicted octanol–water partition coefficient (Wildman–Crippen LogP) is 1.87. The predicted molar refractivity (Wildman–Crippen MR) is 46.8 cm³/mol. The number of alkyl halides is 3. The second kappa shape index (κ2) is 4.26. The first-order valence-corrected chi connectivity index (χ1v) is 4.26. The van der Waals surface area contributed by atoms with Crippen molar-refractivity contribution >= 4 is 17.6 Å². The molecule has 16 heavy (non-hydrogen) atoms. The SMILES string of the molecule is O=C(O)C(O)c1ccc(C(F)(F)F)nc1Cl. The summed E-state index contributed by atoms with van der Waals surface area (Å²) in [6.07, 6.45) is -6.67. The summed E-state index contributed by atoms with van der Waals surface area (Å²) in [6, 6.07) is 1.32. The molecule has 0 saturated carbocycles. The first-order valence-electron chi connectivity index (χ1n) is 3.88. The first kappa shape index (κ1) is 12.7. The van der Waals surface area contributed by atoms with Crippen molar-refractivity contribution in [3.8, 4) is 0 Å². The van der Waals surface area contributed by atoms with Crippen molar-refractivity contribution < 1.29 is 28.2 Å². The molecule has 1 rings (SSSR count). The summed E-state index contributed by atoms with van der Waals surface area (Å²) >= 11 is 5.34. The maximum atomic E-state index is 12.2. The third-order valence-electron chi connectivity index (χ3n) is 1.70. The van der Waals surface area contributed by atoms with Gasteiger partial charge in [-0.05, 0) is 6.07 Å². The van der Waals surface area contributed by atoms with Crippen LogP contribution in [0.5, 0.6) is 0 Å². The van der Waals surface area contributed by atoms with Crippen molar-refractivity contribution in [1.82, 2.24) is 4.98 Å². The molecule has 1 atom stereocenters. The van der Waals surface area contributed by atoms with E-state index in [0.717, 1.165) is 6.07 Å². The molecule has 0 bridgehead atoms. The number of aromatic nitrogens is 1. The summed E-state index contributed by atoms with van der Waals surface area (Å²) in [5.41, 5.74) is -1.64. The highest BCUT2D eigenvalue weighted by atomic mass is 35.5. The number of aliphatic hydroxyl groups is 1. The Kier molecular flexibility index (Phi) is 3.39. The quantitative estimate of drug-likeness (QED) is 0.792. The minimum Gasteiger partial charge on any atom is -0.479 e. The second-order valence-electron chi connectivity index (χ2n) is 2.82. The summed E-state index contributed by atoms with van der Waals surface area (Å²) in [4.78, 5) is 13.3. The molecule has 0 aromatic carbocycles. The van der Waals surface area contributed by atoms with Crippen molar-refractivity contribution in [2.45, 2.75) is 12.3 Å². The Hall–Kier alpha value is -1.34. The molecular formula is C8H5ClF3NO3. The van der Waals surface area contributed by atoms with E-state index in [1.165, 1.54) is 0 Å². The molecular weight excluding hydrogens is 251 g/mol. The highest BCUT2D eigenvalue weighted by Crippen LogP contribution is 2.30. The number of carboxylic acid groups (broad SMARTS) is 1. The summed E-state index contributed by atoms with van der Waals surface area (Å²) in [5.74, 6) is -1.62. The molecule has 2 N–H and O–H groups in total. The van der Waals surface area contributed by atoms with Crippen LogP contribution in [-0.4, -0.2) is 21.2 Å². The highest BCUT2D eigenvalue weighted by Gasteiger charge is 2.33. The van der Waals surface area contributed by atoms with Crippen molar-refractivity contribution in [2.75, 3.05) is 0 Å². The summed E-state index contributed by atoms with van der Waals surface area (Å²) in [7, 11) is 0. The number of carbonyl (C=O) groups is 1. The molecule has 0 radical (unpaired) electrons. The van der Waals surface area contributed by atoms with Crippen LogP contribution in [0.25, 0.3) is 0 Å². The van der Waals surface area contributed by atoms with Crippen molar-refractivity contribution in [1.29, 1.82) is 0 Å². The molecule has 8 heteroatoms. The van der Waals surface area contributed by atoms with Crippen LogP contribution in [0.1, 0.15) is 17.4 Å². The van der Waals surface area contributed by atoms with Gasteiger partial charge in [0.25, 0.3) is 0 Å². The number of aliphatic carboxylic acids is 1. The van der Waals surface area contributed by atoms with E-state index >= 15 is 0 Å². The number of aliphatic hydroxyl groups excluding tert-OH is 1. The maximum Gasteiger partial charge on any atom is 0.433 e. The maximum absolute atomic E-state index is 12.2. The number of pyridine rings is 1. The fourth-order valence-corrected chi connectivity index (χ4v) is 1.20. The minimum absolute atomic E-state index is 0.387. The first-order chi connectivity index (χ1) is 7.23. The lowest BCUT2D eigenvalue weighted by Gasteiger charge is -2.10. The molecule has 88 valence electrons. The van der Waals surface area contributed by atoms with Gasteiger partial charge in [0.1, 0.15) is 10.8 Å². The van der Waals surface area contributed by atoms with E-state index in [-0.39, 0.29) is 5.56 Å². The average molecular weight is 256 g/mol. The van der Waals surface area contributed by atoms with Gasteiger partial charge in [-0.15, -0.1) is 0 Å². The molecule has 1 heterocycles. The molecule has 0 aliphatic heterocycles. The molecule has 1 unspecified atom stereocenters. The Morgan fingerprint density at radius 2 is 2.00 bits per heavy atom. The lowest BCUT2D eigenvalue weighted by molar-refractivity contribution is -0.146. The largest absolute Gasteiger partial charge is 0.479 e. The number of halogens is 4. The van der Waals surface area contributed by atoms with Gasteiger partial charge in [-0.2, -0.15) is 13.2 Å². The van der Waals surface area contributed by atoms with Crippen LogP contribution in [0.4, 0.5) is 13.2 Å². The summed E-state index contributed by atoms with van der Waals surface area (Å²) in [5, 5.41) is 16.8. The van der Waals surface area contributed by atoms with Gasteiger partial charge in [0, 0.05) is 5.56 Å². The summed E-state index contributed by atoms with van der Waals surface area (Å²) < 4.78 is 36.5. The standard InChI is InChI=1S/C8H5ClF3NO3/c9-6-3(5(14)7(15)16)1-2-4(13-6)8(10,11)12/h1-2,5,14H,(H,15,16). The number of nitrogens with zero attached hydrogens (tertiary/aromatic N) is 1. The molecule has 0 fully saturated rings. The van der Waals surface area contributed by atoms with Crippen molar-refractivity contribution in [3.05, 3.63) is 28.5 Å². The molecule has 0 amide bonds. The zero-order valence-electron chi connectivity index (χ0n) is 7.49. The fourth-order valence-electron chi connectivity index (χ4n) is 0.940. The minimum atomic E-state index is -4.67. The van der Waals surface area contributed by atoms with Crippen LogP contribution in [-0.2, 0) is 11.0 Å². The fraction of sp³-hybridized carbons (Fsp3) is 0.250. The van der Waals surface area contributed by atoms with Gasteiger partial charge in [-0.1, -0.05) is 17.7 Å². The van der Waals surface area contributed by atoms with E-state index in [9.17, 15) is 18.0 Å². The van der Waals surface area contributed by atoms with Gasteiger partial charge in [-0.3, -0.25) is 0 Å². The summed E-state index contributed by atoms with van der Waals surface area (Å²) in [6.45, 7) is 0. The van der Waals surface area contributed by atoms with E-state index in [1.54, 1.807) is 0 Å². The van der Waals surface area contributed by atoms with Crippen molar-refractivity contribution in [2.24, 2.45) is 0 Å². The second-order valence-corrected chi connectivity index (χ2v) is 3.17. The molecule has 4 nitrogen and oxygen atoms in total. The van der Waals surface area contributed by atoms with E-state index < -0.39 is 29.1 Å². The van der Waals surface area contributed by atoms with E-state index in [1.807, 2.05) is 0 Å². The molecule has 1 aromatic heterocycles. The molecule has 0 saturated heterocycles. The van der Waals surface area contributed by atoms with Crippen LogP contribution in [0.15, 0.2) is 12.1 Å². The van der Waals surface area contributed by atoms with Gasteiger partial charge < -0.3 is 10.2 Å². The Bertz CT molecular complexity index is 421. The lowest BCUT2D eigenvalue weighted by atomic mass is 10.1. The molecule has 0 aliphatic carbocycles. The monoisotopic (exact) mass is 255 g/mol. The van der Waals surface area contributed by atoms with E-state index in [2.05, 4.69) is 4.98 Å². The smallest absolute Gasteiger partial charge is 0.433 e. The Balaban J connectivity index is 3.15. The van der Waals surface area contributed by atoms with Crippen LogP contribution in [0.2, 0.25) is 5.15 Å². The zero-order valence-corrected chi connectivity index (χ0v) is 8.25. The zero-order chi connectivity index (χ0) is 12.5. The molecule has 0 aliphatic rings. The van der Waals surface area contributed by atoms with E-state index in [0.29, 0.717) is 6.07 Å².